The minimum atomic E-state index is -0.0794. The van der Waals surface area contributed by atoms with Gasteiger partial charge in [0.25, 0.3) is 0 Å². The maximum Gasteiger partial charge on any atom is 0.322 e. The zero-order valence-corrected chi connectivity index (χ0v) is 12.6. The second-order valence-electron chi connectivity index (χ2n) is 5.82. The second-order valence-corrected chi connectivity index (χ2v) is 5.82. The fraction of sp³-hybridized carbons (Fsp3) is 0.278. The van der Waals surface area contributed by atoms with Gasteiger partial charge in [-0.15, -0.1) is 0 Å². The van der Waals surface area contributed by atoms with E-state index in [1.165, 1.54) is 5.56 Å². The van der Waals surface area contributed by atoms with Gasteiger partial charge in [-0.25, -0.2) is 4.79 Å². The molecule has 1 heterocycles. The molecule has 0 aliphatic carbocycles. The first kappa shape index (κ1) is 13.7. The summed E-state index contributed by atoms with van der Waals surface area (Å²) in [5.74, 6) is 0. The standard InChI is InChI=1S/C18H20N2O/c1-12(2)20-16-11-13(3)9-10-15(16)17(19-18(20)21)14-7-5-4-6-8-14/h4-12,17H,1-3H3,(H,19,21)/t17-/m0/s1. The van der Waals surface area contributed by atoms with Crippen molar-refractivity contribution in [2.24, 2.45) is 0 Å². The molecule has 2 aromatic rings. The fourth-order valence-corrected chi connectivity index (χ4v) is 2.91. The van der Waals surface area contributed by atoms with Crippen LogP contribution in [0.5, 0.6) is 0 Å². The fourth-order valence-electron chi connectivity index (χ4n) is 2.91. The summed E-state index contributed by atoms with van der Waals surface area (Å²) in [6, 6.07) is 16.5. The summed E-state index contributed by atoms with van der Waals surface area (Å²) < 4.78 is 0. The lowest BCUT2D eigenvalue weighted by molar-refractivity contribution is 0.241. The molecule has 3 heteroatoms. The van der Waals surface area contributed by atoms with E-state index in [4.69, 9.17) is 0 Å². The number of carbonyl (C=O) groups is 1. The van der Waals surface area contributed by atoms with Crippen LogP contribution in [-0.2, 0) is 0 Å². The van der Waals surface area contributed by atoms with Crippen LogP contribution >= 0.6 is 0 Å². The molecule has 0 saturated carbocycles. The molecule has 0 aromatic heterocycles. The minimum Gasteiger partial charge on any atom is -0.327 e. The first-order chi connectivity index (χ1) is 10.1. The summed E-state index contributed by atoms with van der Waals surface area (Å²) in [6.07, 6.45) is 0. The lowest BCUT2D eigenvalue weighted by Gasteiger charge is -2.37. The Morgan fingerprint density at radius 1 is 1.10 bits per heavy atom. The van der Waals surface area contributed by atoms with E-state index >= 15 is 0 Å². The van der Waals surface area contributed by atoms with Gasteiger partial charge in [0.15, 0.2) is 0 Å². The van der Waals surface area contributed by atoms with E-state index in [-0.39, 0.29) is 18.1 Å². The highest BCUT2D eigenvalue weighted by Crippen LogP contribution is 2.36. The second kappa shape index (κ2) is 5.24. The molecule has 0 radical (unpaired) electrons. The normalized spacial score (nSPS) is 17.6. The molecule has 0 spiro atoms. The van der Waals surface area contributed by atoms with Gasteiger partial charge in [-0.2, -0.15) is 0 Å². The van der Waals surface area contributed by atoms with Crippen LogP contribution in [0.2, 0.25) is 0 Å². The van der Waals surface area contributed by atoms with E-state index in [9.17, 15) is 4.79 Å². The molecule has 3 rings (SSSR count). The molecule has 2 amide bonds. The topological polar surface area (TPSA) is 32.3 Å². The Balaban J connectivity index is 2.15. The van der Waals surface area contributed by atoms with E-state index in [1.807, 2.05) is 36.9 Å². The third-order valence-electron chi connectivity index (χ3n) is 3.89. The lowest BCUT2D eigenvalue weighted by atomic mass is 9.93. The average Bonchev–Trinajstić information content (AvgIpc) is 2.46. The number of anilines is 1. The third kappa shape index (κ3) is 2.40. The van der Waals surface area contributed by atoms with Gasteiger partial charge >= 0.3 is 6.03 Å². The summed E-state index contributed by atoms with van der Waals surface area (Å²) in [5, 5.41) is 3.13. The Labute approximate surface area is 125 Å². The molecule has 0 bridgehead atoms. The quantitative estimate of drug-likeness (QED) is 0.885. The van der Waals surface area contributed by atoms with Crippen LogP contribution in [0.15, 0.2) is 48.5 Å². The maximum atomic E-state index is 12.5. The molecular weight excluding hydrogens is 260 g/mol. The van der Waals surface area contributed by atoms with Crippen molar-refractivity contribution in [2.75, 3.05) is 4.90 Å². The first-order valence-corrected chi connectivity index (χ1v) is 7.33. The SMILES string of the molecule is Cc1ccc2c(c1)N(C(C)C)C(=O)N[C@H]2c1ccccc1. The molecule has 1 atom stereocenters. The zero-order valence-electron chi connectivity index (χ0n) is 12.6. The summed E-state index contributed by atoms with van der Waals surface area (Å²) in [6.45, 7) is 6.13. The molecule has 3 nitrogen and oxygen atoms in total. The monoisotopic (exact) mass is 280 g/mol. The Morgan fingerprint density at radius 2 is 1.81 bits per heavy atom. The van der Waals surface area contributed by atoms with E-state index in [0.717, 1.165) is 16.8 Å². The highest BCUT2D eigenvalue weighted by molar-refractivity contribution is 5.96. The Kier molecular flexibility index (Phi) is 3.42. The van der Waals surface area contributed by atoms with Crippen LogP contribution in [0.4, 0.5) is 10.5 Å². The number of rotatable bonds is 2. The van der Waals surface area contributed by atoms with Gasteiger partial charge in [0, 0.05) is 11.6 Å². The van der Waals surface area contributed by atoms with Gasteiger partial charge in [-0.05, 0) is 38.0 Å². The van der Waals surface area contributed by atoms with E-state index in [0.29, 0.717) is 0 Å². The van der Waals surface area contributed by atoms with Crippen molar-refractivity contribution in [1.82, 2.24) is 5.32 Å². The Bertz CT molecular complexity index is 664. The van der Waals surface area contributed by atoms with Crippen LogP contribution in [0.1, 0.15) is 36.6 Å². The highest BCUT2D eigenvalue weighted by Gasteiger charge is 2.32. The summed E-state index contributed by atoms with van der Waals surface area (Å²) in [7, 11) is 0. The number of urea groups is 1. The maximum absolute atomic E-state index is 12.5. The van der Waals surface area contributed by atoms with Crippen molar-refractivity contribution in [1.29, 1.82) is 0 Å². The zero-order chi connectivity index (χ0) is 15.0. The van der Waals surface area contributed by atoms with Crippen molar-refractivity contribution < 1.29 is 4.79 Å². The van der Waals surface area contributed by atoms with E-state index in [2.05, 4.69) is 42.6 Å². The van der Waals surface area contributed by atoms with Crippen molar-refractivity contribution in [3.63, 3.8) is 0 Å². The summed E-state index contributed by atoms with van der Waals surface area (Å²) in [4.78, 5) is 14.3. The van der Waals surface area contributed by atoms with Gasteiger partial charge in [0.05, 0.1) is 11.7 Å². The molecule has 1 aliphatic rings. The molecule has 21 heavy (non-hydrogen) atoms. The predicted octanol–water partition coefficient (Wildman–Crippen LogP) is 4.02. The number of hydrogen-bond acceptors (Lipinski definition) is 1. The van der Waals surface area contributed by atoms with Crippen LogP contribution in [0.3, 0.4) is 0 Å². The Morgan fingerprint density at radius 3 is 2.48 bits per heavy atom. The van der Waals surface area contributed by atoms with Crippen molar-refractivity contribution >= 4 is 11.7 Å². The average molecular weight is 280 g/mol. The lowest BCUT2D eigenvalue weighted by Crippen LogP contribution is -2.50. The minimum absolute atomic E-state index is 0.0306. The number of hydrogen-bond donors (Lipinski definition) is 1. The molecule has 1 aliphatic heterocycles. The molecule has 0 unspecified atom stereocenters. The van der Waals surface area contributed by atoms with Gasteiger partial charge in [-0.1, -0.05) is 42.5 Å². The van der Waals surface area contributed by atoms with Gasteiger partial charge in [0.1, 0.15) is 0 Å². The van der Waals surface area contributed by atoms with Crippen LogP contribution in [0.25, 0.3) is 0 Å². The smallest absolute Gasteiger partial charge is 0.322 e. The van der Waals surface area contributed by atoms with Gasteiger partial charge in [0.2, 0.25) is 0 Å². The van der Waals surface area contributed by atoms with Crippen LogP contribution < -0.4 is 10.2 Å². The van der Waals surface area contributed by atoms with Crippen molar-refractivity contribution in [3.8, 4) is 0 Å². The number of aryl methyl sites for hydroxylation is 1. The van der Waals surface area contributed by atoms with Crippen LogP contribution in [0, 0.1) is 6.92 Å². The predicted molar refractivity (Wildman–Crippen MR) is 85.6 cm³/mol. The molecule has 0 fully saturated rings. The van der Waals surface area contributed by atoms with Crippen molar-refractivity contribution in [3.05, 3.63) is 65.2 Å². The van der Waals surface area contributed by atoms with E-state index in [1.54, 1.807) is 0 Å². The summed E-state index contributed by atoms with van der Waals surface area (Å²) >= 11 is 0. The molecule has 108 valence electrons. The first-order valence-electron chi connectivity index (χ1n) is 7.33. The summed E-state index contributed by atoms with van der Waals surface area (Å²) in [5.41, 5.74) is 4.45. The number of benzene rings is 2. The molecule has 0 saturated heterocycles. The molecule has 1 N–H and O–H groups in total. The highest BCUT2D eigenvalue weighted by atomic mass is 16.2. The molecular formula is C18H20N2O. The number of nitrogens with one attached hydrogen (secondary N) is 1. The number of carbonyl (C=O) groups excluding carboxylic acids is 1. The van der Waals surface area contributed by atoms with Crippen LogP contribution in [-0.4, -0.2) is 12.1 Å². The van der Waals surface area contributed by atoms with E-state index < -0.39 is 0 Å². The number of nitrogens with zero attached hydrogens (tertiary/aromatic N) is 1. The number of amides is 2. The largest absolute Gasteiger partial charge is 0.327 e. The van der Waals surface area contributed by atoms with Gasteiger partial charge in [-0.3, -0.25) is 4.90 Å². The van der Waals surface area contributed by atoms with Gasteiger partial charge < -0.3 is 5.32 Å². The molecule has 2 aromatic carbocycles. The van der Waals surface area contributed by atoms with Crippen molar-refractivity contribution in [2.45, 2.75) is 32.9 Å². The number of fused-ring (bicyclic) bond motifs is 1. The Hall–Kier alpha value is -2.29. The third-order valence-corrected chi connectivity index (χ3v) is 3.89.